The number of halogens is 1. The molecule has 9 nitrogen and oxygen atoms in total. The molecule has 0 aliphatic carbocycles. The Bertz CT molecular complexity index is 1240. The number of aromatic nitrogens is 6. The molecule has 1 atom stereocenters. The van der Waals surface area contributed by atoms with Crippen molar-refractivity contribution in [2.75, 3.05) is 13.1 Å². The number of nitrogens with zero attached hydrogens (tertiary/aromatic N) is 6. The third-order valence-corrected chi connectivity index (χ3v) is 4.75. The Morgan fingerprint density at radius 1 is 1.33 bits per heavy atom. The van der Waals surface area contributed by atoms with Gasteiger partial charge in [0.15, 0.2) is 11.5 Å². The van der Waals surface area contributed by atoms with Crippen LogP contribution < -0.4 is 11.0 Å². The summed E-state index contributed by atoms with van der Waals surface area (Å²) in [4.78, 5) is 24.2. The number of hydrogen-bond donors (Lipinski definition) is 2. The van der Waals surface area contributed by atoms with Gasteiger partial charge >= 0.3 is 5.69 Å². The maximum absolute atomic E-state index is 12.4. The maximum atomic E-state index is 12.4. The lowest BCUT2D eigenvalue weighted by atomic mass is 10.2. The molecule has 1 unspecified atom stereocenters. The van der Waals surface area contributed by atoms with E-state index in [-0.39, 0.29) is 24.1 Å². The topological polar surface area (TPSA) is 117 Å². The summed E-state index contributed by atoms with van der Waals surface area (Å²) < 4.78 is 3.38. The average molecular weight is 383 g/mol. The SMILES string of the molecule is Cl.N#Cc1ccn2ncc(-c3ncc4[nH]c(=O)n(C5CCNC5)c4n3)c2c1. The molecule has 0 amide bonds. The number of nitriles is 1. The summed E-state index contributed by atoms with van der Waals surface area (Å²) in [5.41, 5.74) is 3.02. The predicted molar refractivity (Wildman–Crippen MR) is 101 cm³/mol. The quantitative estimate of drug-likeness (QED) is 0.539. The molecule has 0 spiro atoms. The van der Waals surface area contributed by atoms with Gasteiger partial charge in [-0.2, -0.15) is 10.4 Å². The van der Waals surface area contributed by atoms with Crippen LogP contribution in [0.15, 0.2) is 35.5 Å². The highest BCUT2D eigenvalue weighted by Crippen LogP contribution is 2.24. The van der Waals surface area contributed by atoms with Crippen molar-refractivity contribution in [3.8, 4) is 17.5 Å². The number of aromatic amines is 1. The Labute approximate surface area is 159 Å². The number of imidazole rings is 1. The molecule has 0 radical (unpaired) electrons. The highest BCUT2D eigenvalue weighted by Gasteiger charge is 2.22. The van der Waals surface area contributed by atoms with E-state index in [0.29, 0.717) is 28.1 Å². The van der Waals surface area contributed by atoms with E-state index in [2.05, 4.69) is 31.4 Å². The maximum Gasteiger partial charge on any atom is 0.328 e. The molecule has 1 fully saturated rings. The Morgan fingerprint density at radius 3 is 3.00 bits per heavy atom. The lowest BCUT2D eigenvalue weighted by molar-refractivity contribution is 0.542. The third-order valence-electron chi connectivity index (χ3n) is 4.75. The second-order valence-corrected chi connectivity index (χ2v) is 6.29. The van der Waals surface area contributed by atoms with Crippen molar-refractivity contribution >= 4 is 29.1 Å². The van der Waals surface area contributed by atoms with Crippen LogP contribution in [0.2, 0.25) is 0 Å². The summed E-state index contributed by atoms with van der Waals surface area (Å²) in [7, 11) is 0. The molecular formula is C17H15ClN8O. The molecule has 4 aromatic rings. The van der Waals surface area contributed by atoms with E-state index < -0.39 is 0 Å². The molecule has 5 rings (SSSR count). The standard InChI is InChI=1S/C17H14N8O.ClH/c18-6-10-2-4-24-14(5-10)12(8-21-24)15-20-9-13-16(23-15)25(17(26)22-13)11-1-3-19-7-11;/h2,4-5,8-9,11,19H,1,3,7H2,(H,22,26);1H. The van der Waals surface area contributed by atoms with Gasteiger partial charge in [-0.15, -0.1) is 12.4 Å². The van der Waals surface area contributed by atoms with Gasteiger partial charge in [-0.25, -0.2) is 19.3 Å². The van der Waals surface area contributed by atoms with Crippen LogP contribution in [0.1, 0.15) is 18.0 Å². The minimum atomic E-state index is -0.174. The van der Waals surface area contributed by atoms with Gasteiger partial charge in [-0.3, -0.25) is 4.57 Å². The van der Waals surface area contributed by atoms with Gasteiger partial charge in [0.2, 0.25) is 0 Å². The van der Waals surface area contributed by atoms with Crippen molar-refractivity contribution in [3.63, 3.8) is 0 Å². The van der Waals surface area contributed by atoms with E-state index in [1.807, 2.05) is 0 Å². The van der Waals surface area contributed by atoms with E-state index >= 15 is 0 Å². The molecule has 136 valence electrons. The van der Waals surface area contributed by atoms with Crippen LogP contribution in [0.4, 0.5) is 0 Å². The molecule has 5 heterocycles. The average Bonchev–Trinajstić information content (AvgIpc) is 3.37. The molecule has 27 heavy (non-hydrogen) atoms. The number of pyridine rings is 1. The van der Waals surface area contributed by atoms with Gasteiger partial charge in [0.1, 0.15) is 5.52 Å². The zero-order valence-corrected chi connectivity index (χ0v) is 14.9. The second-order valence-electron chi connectivity index (χ2n) is 6.29. The fourth-order valence-corrected chi connectivity index (χ4v) is 3.47. The smallest absolute Gasteiger partial charge is 0.315 e. The zero-order valence-electron chi connectivity index (χ0n) is 14.1. The number of hydrogen-bond acceptors (Lipinski definition) is 6. The highest BCUT2D eigenvalue weighted by atomic mass is 35.5. The summed E-state index contributed by atoms with van der Waals surface area (Å²) in [6, 6.07) is 5.65. The number of nitrogens with one attached hydrogen (secondary N) is 2. The highest BCUT2D eigenvalue weighted by molar-refractivity contribution is 5.85. The van der Waals surface area contributed by atoms with E-state index in [1.54, 1.807) is 39.8 Å². The first kappa shape index (κ1) is 17.2. The summed E-state index contributed by atoms with van der Waals surface area (Å²) in [6.45, 7) is 1.63. The van der Waals surface area contributed by atoms with Crippen LogP contribution in [0.3, 0.4) is 0 Å². The van der Waals surface area contributed by atoms with Crippen LogP contribution in [0.5, 0.6) is 0 Å². The first-order chi connectivity index (χ1) is 12.7. The number of fused-ring (bicyclic) bond motifs is 2. The molecule has 10 heteroatoms. The molecule has 1 aliphatic rings. The van der Waals surface area contributed by atoms with Gasteiger partial charge in [-0.05, 0) is 25.1 Å². The fraction of sp³-hybridized carbons (Fsp3) is 0.235. The summed E-state index contributed by atoms with van der Waals surface area (Å²) in [5, 5.41) is 16.7. The van der Waals surface area contributed by atoms with E-state index in [9.17, 15) is 4.79 Å². The first-order valence-corrected chi connectivity index (χ1v) is 8.30. The Morgan fingerprint density at radius 2 is 2.22 bits per heavy atom. The van der Waals surface area contributed by atoms with Crippen LogP contribution in [0.25, 0.3) is 28.1 Å². The summed E-state index contributed by atoms with van der Waals surface area (Å²) in [5.74, 6) is 0.473. The molecule has 1 aliphatic heterocycles. The predicted octanol–water partition coefficient (Wildman–Crippen LogP) is 1.26. The van der Waals surface area contributed by atoms with Crippen LogP contribution in [-0.4, -0.2) is 42.2 Å². The van der Waals surface area contributed by atoms with E-state index in [0.717, 1.165) is 25.0 Å². The third kappa shape index (κ3) is 2.66. The van der Waals surface area contributed by atoms with Crippen molar-refractivity contribution < 1.29 is 0 Å². The van der Waals surface area contributed by atoms with Crippen molar-refractivity contribution in [2.45, 2.75) is 12.5 Å². The first-order valence-electron chi connectivity index (χ1n) is 8.30. The van der Waals surface area contributed by atoms with Crippen molar-refractivity contribution in [1.82, 2.24) is 34.4 Å². The monoisotopic (exact) mass is 382 g/mol. The minimum Gasteiger partial charge on any atom is -0.315 e. The summed E-state index contributed by atoms with van der Waals surface area (Å²) in [6.07, 6.45) is 5.90. The molecule has 4 aromatic heterocycles. The van der Waals surface area contributed by atoms with Gasteiger partial charge in [0, 0.05) is 12.7 Å². The molecule has 0 bridgehead atoms. The molecule has 0 saturated carbocycles. The van der Waals surface area contributed by atoms with Crippen LogP contribution >= 0.6 is 12.4 Å². The lowest BCUT2D eigenvalue weighted by Gasteiger charge is -2.09. The van der Waals surface area contributed by atoms with Crippen molar-refractivity contribution in [1.29, 1.82) is 5.26 Å². The van der Waals surface area contributed by atoms with Crippen LogP contribution in [0, 0.1) is 11.3 Å². The minimum absolute atomic E-state index is 0. The van der Waals surface area contributed by atoms with E-state index in [4.69, 9.17) is 5.26 Å². The Hall–Kier alpha value is -3.22. The van der Waals surface area contributed by atoms with Gasteiger partial charge in [0.05, 0.1) is 41.1 Å². The fourth-order valence-electron chi connectivity index (χ4n) is 3.47. The van der Waals surface area contributed by atoms with Gasteiger partial charge in [-0.1, -0.05) is 0 Å². The molecule has 1 saturated heterocycles. The molecular weight excluding hydrogens is 368 g/mol. The lowest BCUT2D eigenvalue weighted by Crippen LogP contribution is -2.24. The Balaban J connectivity index is 0.00000180. The van der Waals surface area contributed by atoms with Crippen molar-refractivity contribution in [2.24, 2.45) is 0 Å². The summed E-state index contributed by atoms with van der Waals surface area (Å²) >= 11 is 0. The molecule has 0 aromatic carbocycles. The van der Waals surface area contributed by atoms with Crippen molar-refractivity contribution in [3.05, 3.63) is 46.8 Å². The van der Waals surface area contributed by atoms with Gasteiger partial charge in [0.25, 0.3) is 0 Å². The second kappa shape index (κ2) is 6.50. The normalized spacial score (nSPS) is 16.5. The van der Waals surface area contributed by atoms with Gasteiger partial charge < -0.3 is 10.3 Å². The number of H-pyrrole nitrogens is 1. The van der Waals surface area contributed by atoms with Crippen LogP contribution in [-0.2, 0) is 0 Å². The van der Waals surface area contributed by atoms with E-state index in [1.165, 1.54) is 0 Å². The Kier molecular flexibility index (Phi) is 4.14. The molecule has 2 N–H and O–H groups in total. The zero-order chi connectivity index (χ0) is 17.7. The number of rotatable bonds is 2. The largest absolute Gasteiger partial charge is 0.328 e.